The molecule has 3 aliphatic rings. The molecule has 3 fully saturated rings. The molecule has 29 heavy (non-hydrogen) atoms. The molecule has 1 aromatic heterocycles. The lowest BCUT2D eigenvalue weighted by Gasteiger charge is -2.49. The number of carbonyl (C=O) groups excluding carboxylic acids is 1. The molecule has 2 bridgehead atoms. The van der Waals surface area contributed by atoms with Gasteiger partial charge in [-0.05, 0) is 62.6 Å². The normalized spacial score (nSPS) is 25.6. The number of rotatable bonds is 6. The Bertz CT molecular complexity index is 847. The van der Waals surface area contributed by atoms with E-state index in [0.29, 0.717) is 24.4 Å². The maximum absolute atomic E-state index is 11.7. The lowest BCUT2D eigenvalue weighted by Crippen LogP contribution is -2.56. The lowest BCUT2D eigenvalue weighted by atomic mass is 9.74. The molecule has 0 saturated carbocycles. The molecule has 4 heterocycles. The van der Waals surface area contributed by atoms with Gasteiger partial charge >= 0.3 is 6.03 Å². The molecular formula is C22H31N5O2. The van der Waals surface area contributed by atoms with Crippen molar-refractivity contribution in [2.75, 3.05) is 33.3 Å². The summed E-state index contributed by atoms with van der Waals surface area (Å²) in [5.74, 6) is 1.99. The molecule has 7 heteroatoms. The summed E-state index contributed by atoms with van der Waals surface area (Å²) in [5.41, 5.74) is 3.43. The lowest BCUT2D eigenvalue weighted by molar-refractivity contribution is 0.0294. The van der Waals surface area contributed by atoms with E-state index in [4.69, 9.17) is 9.84 Å². The monoisotopic (exact) mass is 397 g/mol. The quantitative estimate of drug-likeness (QED) is 0.786. The molecule has 4 atom stereocenters. The Kier molecular flexibility index (Phi) is 5.76. The van der Waals surface area contributed by atoms with E-state index in [1.165, 1.54) is 12.1 Å². The third kappa shape index (κ3) is 4.10. The van der Waals surface area contributed by atoms with Crippen LogP contribution in [0.25, 0.3) is 11.3 Å². The predicted molar refractivity (Wildman–Crippen MR) is 113 cm³/mol. The number of hydrogen-bond acceptors (Lipinski definition) is 4. The maximum atomic E-state index is 11.7. The van der Waals surface area contributed by atoms with E-state index in [1.54, 1.807) is 7.11 Å². The minimum atomic E-state index is -0.0672. The van der Waals surface area contributed by atoms with Crippen LogP contribution in [0, 0.1) is 5.92 Å². The van der Waals surface area contributed by atoms with Crippen LogP contribution in [0.1, 0.15) is 31.4 Å². The average molecular weight is 398 g/mol. The highest BCUT2D eigenvalue weighted by Gasteiger charge is 2.41. The van der Waals surface area contributed by atoms with Crippen molar-refractivity contribution in [1.29, 1.82) is 0 Å². The summed E-state index contributed by atoms with van der Waals surface area (Å²) in [5, 5.41) is 10.6. The van der Waals surface area contributed by atoms with Gasteiger partial charge in [-0.15, -0.1) is 0 Å². The number of hydrogen-bond donors (Lipinski definition) is 2. The molecule has 1 unspecified atom stereocenters. The van der Waals surface area contributed by atoms with Crippen LogP contribution in [0.5, 0.6) is 5.75 Å². The molecule has 2 aromatic rings. The first-order valence-corrected chi connectivity index (χ1v) is 10.5. The van der Waals surface area contributed by atoms with Crippen LogP contribution in [-0.4, -0.2) is 60.0 Å². The van der Waals surface area contributed by atoms with Crippen molar-refractivity contribution in [1.82, 2.24) is 25.3 Å². The third-order valence-electron chi connectivity index (χ3n) is 6.40. The molecule has 0 spiro atoms. The fourth-order valence-electron chi connectivity index (χ4n) is 4.85. The van der Waals surface area contributed by atoms with Gasteiger partial charge < -0.3 is 15.4 Å². The van der Waals surface area contributed by atoms with Crippen LogP contribution in [0.2, 0.25) is 0 Å². The van der Waals surface area contributed by atoms with Gasteiger partial charge in [0, 0.05) is 49.9 Å². The number of amides is 2. The molecule has 0 radical (unpaired) electrons. The zero-order valence-electron chi connectivity index (χ0n) is 17.5. The molecular weight excluding hydrogens is 366 g/mol. The zero-order valence-corrected chi connectivity index (χ0v) is 17.5. The Labute approximate surface area is 172 Å². The predicted octanol–water partition coefficient (Wildman–Crippen LogP) is 2.59. The SMILES string of the molecule is CCNC(=O)NC[C@H]1C[C@H]2CCN1C[C@@H]2c1cc(-c2ccc(OC)cc2)nn1C. The van der Waals surface area contributed by atoms with Gasteiger partial charge in [0.2, 0.25) is 0 Å². The Hall–Kier alpha value is -2.54. The Morgan fingerprint density at radius 2 is 2.07 bits per heavy atom. The Morgan fingerprint density at radius 1 is 1.28 bits per heavy atom. The first kappa shape index (κ1) is 19.8. The summed E-state index contributed by atoms with van der Waals surface area (Å²) in [4.78, 5) is 14.3. The molecule has 2 amide bonds. The van der Waals surface area contributed by atoms with E-state index >= 15 is 0 Å². The maximum Gasteiger partial charge on any atom is 0.314 e. The summed E-state index contributed by atoms with van der Waals surface area (Å²) < 4.78 is 7.31. The first-order chi connectivity index (χ1) is 14.1. The van der Waals surface area contributed by atoms with Crippen molar-refractivity contribution in [3.05, 3.63) is 36.0 Å². The van der Waals surface area contributed by atoms with Crippen molar-refractivity contribution < 1.29 is 9.53 Å². The second kappa shape index (κ2) is 8.45. The summed E-state index contributed by atoms with van der Waals surface area (Å²) in [6.45, 7) is 5.46. The molecule has 7 nitrogen and oxygen atoms in total. The number of methoxy groups -OCH3 is 1. The van der Waals surface area contributed by atoms with Crippen LogP contribution in [-0.2, 0) is 7.05 Å². The van der Waals surface area contributed by atoms with Crippen LogP contribution in [0.4, 0.5) is 4.79 Å². The van der Waals surface area contributed by atoms with E-state index in [-0.39, 0.29) is 6.03 Å². The number of benzene rings is 1. The Balaban J connectivity index is 1.45. The van der Waals surface area contributed by atoms with Gasteiger partial charge in [-0.25, -0.2) is 4.79 Å². The molecule has 156 valence electrons. The van der Waals surface area contributed by atoms with Gasteiger partial charge in [0.15, 0.2) is 0 Å². The van der Waals surface area contributed by atoms with Crippen molar-refractivity contribution in [2.24, 2.45) is 13.0 Å². The van der Waals surface area contributed by atoms with Gasteiger partial charge in [0.1, 0.15) is 5.75 Å². The van der Waals surface area contributed by atoms with E-state index < -0.39 is 0 Å². The highest BCUT2D eigenvalue weighted by molar-refractivity contribution is 5.73. The molecule has 0 aliphatic carbocycles. The standard InChI is InChI=1S/C22H31N5O2/c1-4-23-22(28)24-13-17-11-16-9-10-27(17)14-19(16)21-12-20(25-26(21)2)15-5-7-18(29-3)8-6-15/h5-8,12,16-17,19H,4,9-11,13-14H2,1-3H3,(H2,23,24,28)/t16-,17-,19+/m1/s1. The fourth-order valence-corrected chi connectivity index (χ4v) is 4.85. The van der Waals surface area contributed by atoms with Gasteiger partial charge in [0.05, 0.1) is 12.8 Å². The Morgan fingerprint density at radius 3 is 2.72 bits per heavy atom. The minimum absolute atomic E-state index is 0.0672. The van der Waals surface area contributed by atoms with Crippen molar-refractivity contribution in [3.63, 3.8) is 0 Å². The number of carbonyl (C=O) groups is 1. The number of nitrogens with zero attached hydrogens (tertiary/aromatic N) is 3. The summed E-state index contributed by atoms with van der Waals surface area (Å²) in [6, 6.07) is 10.7. The number of ether oxygens (including phenoxy) is 1. The van der Waals surface area contributed by atoms with E-state index in [1.807, 2.05) is 30.8 Å². The van der Waals surface area contributed by atoms with Crippen molar-refractivity contribution in [2.45, 2.75) is 31.7 Å². The summed E-state index contributed by atoms with van der Waals surface area (Å²) in [6.07, 6.45) is 2.34. The fraction of sp³-hybridized carbons (Fsp3) is 0.545. The van der Waals surface area contributed by atoms with E-state index in [2.05, 4.69) is 33.7 Å². The van der Waals surface area contributed by atoms with Gasteiger partial charge in [-0.2, -0.15) is 5.10 Å². The zero-order chi connectivity index (χ0) is 20.4. The first-order valence-electron chi connectivity index (χ1n) is 10.5. The van der Waals surface area contributed by atoms with Gasteiger partial charge in [-0.1, -0.05) is 0 Å². The van der Waals surface area contributed by atoms with Gasteiger partial charge in [0.25, 0.3) is 0 Å². The summed E-state index contributed by atoms with van der Waals surface area (Å²) in [7, 11) is 3.73. The molecule has 2 N–H and O–H groups in total. The molecule has 3 saturated heterocycles. The molecule has 1 aromatic carbocycles. The molecule has 3 aliphatic heterocycles. The van der Waals surface area contributed by atoms with Crippen LogP contribution < -0.4 is 15.4 Å². The highest BCUT2D eigenvalue weighted by atomic mass is 16.5. The van der Waals surface area contributed by atoms with Crippen LogP contribution in [0.3, 0.4) is 0 Å². The van der Waals surface area contributed by atoms with Crippen LogP contribution in [0.15, 0.2) is 30.3 Å². The number of urea groups is 1. The average Bonchev–Trinajstić information content (AvgIpc) is 3.14. The topological polar surface area (TPSA) is 71.4 Å². The van der Waals surface area contributed by atoms with Gasteiger partial charge in [-0.3, -0.25) is 9.58 Å². The minimum Gasteiger partial charge on any atom is -0.497 e. The number of nitrogens with one attached hydrogen (secondary N) is 2. The molecule has 5 rings (SSSR count). The van der Waals surface area contributed by atoms with E-state index in [9.17, 15) is 4.79 Å². The number of fused-ring (bicyclic) bond motifs is 3. The van der Waals surface area contributed by atoms with Crippen LogP contribution >= 0.6 is 0 Å². The second-order valence-corrected chi connectivity index (χ2v) is 8.09. The van der Waals surface area contributed by atoms with Crippen molar-refractivity contribution >= 4 is 6.03 Å². The smallest absolute Gasteiger partial charge is 0.314 e. The summed E-state index contributed by atoms with van der Waals surface area (Å²) >= 11 is 0. The number of aryl methyl sites for hydroxylation is 1. The van der Waals surface area contributed by atoms with Crippen molar-refractivity contribution in [3.8, 4) is 17.0 Å². The number of aromatic nitrogens is 2. The highest BCUT2D eigenvalue weighted by Crippen LogP contribution is 2.42. The largest absolute Gasteiger partial charge is 0.497 e. The third-order valence-corrected chi connectivity index (χ3v) is 6.40. The number of piperidine rings is 3. The van der Waals surface area contributed by atoms with E-state index in [0.717, 1.165) is 43.1 Å². The second-order valence-electron chi connectivity index (χ2n) is 8.09.